The maximum Gasteiger partial charge on any atom is 0.169 e. The fourth-order valence-electron chi connectivity index (χ4n) is 2.20. The van der Waals surface area contributed by atoms with Crippen LogP contribution < -0.4 is 5.32 Å². The van der Waals surface area contributed by atoms with E-state index in [9.17, 15) is 0 Å². The molecule has 0 amide bonds. The van der Waals surface area contributed by atoms with E-state index in [0.29, 0.717) is 0 Å². The molecule has 2 nitrogen and oxygen atoms in total. The molecule has 0 aliphatic heterocycles. The minimum atomic E-state index is 0.0642. The van der Waals surface area contributed by atoms with Crippen molar-refractivity contribution < 1.29 is 4.42 Å². The zero-order valence-electron chi connectivity index (χ0n) is 10.1. The van der Waals surface area contributed by atoms with Gasteiger partial charge in [-0.25, -0.2) is 0 Å². The van der Waals surface area contributed by atoms with Crippen LogP contribution in [0.2, 0.25) is 0 Å². The van der Waals surface area contributed by atoms with Crippen molar-refractivity contribution in [3.8, 4) is 0 Å². The van der Waals surface area contributed by atoms with Gasteiger partial charge in [0.15, 0.2) is 4.67 Å². The van der Waals surface area contributed by atoms with E-state index >= 15 is 0 Å². The normalized spacial score (nSPS) is 13.0. The average molecular weight is 401 g/mol. The van der Waals surface area contributed by atoms with Gasteiger partial charge in [0, 0.05) is 9.17 Å². The molecule has 0 fully saturated rings. The van der Waals surface area contributed by atoms with E-state index in [1.807, 2.05) is 19.2 Å². The van der Waals surface area contributed by atoms with E-state index in [4.69, 9.17) is 4.42 Å². The lowest BCUT2D eigenvalue weighted by Gasteiger charge is -2.13. The van der Waals surface area contributed by atoms with Crippen molar-refractivity contribution in [2.24, 2.45) is 0 Å². The van der Waals surface area contributed by atoms with Gasteiger partial charge < -0.3 is 9.73 Å². The van der Waals surface area contributed by atoms with E-state index < -0.39 is 0 Å². The third-order valence-corrected chi connectivity index (χ3v) is 5.46. The van der Waals surface area contributed by atoms with Gasteiger partial charge in [-0.15, -0.1) is 11.3 Å². The number of benzene rings is 1. The molecule has 1 aromatic carbocycles. The molecule has 2 heterocycles. The first-order valence-corrected chi connectivity index (χ1v) is 8.25. The monoisotopic (exact) mass is 399 g/mol. The van der Waals surface area contributed by atoms with Gasteiger partial charge in [-0.1, -0.05) is 12.1 Å². The van der Waals surface area contributed by atoms with Crippen LogP contribution in [0.1, 0.15) is 17.4 Å². The lowest BCUT2D eigenvalue weighted by molar-refractivity contribution is 0.448. The van der Waals surface area contributed by atoms with Crippen molar-refractivity contribution in [2.75, 3.05) is 7.05 Å². The number of thiophene rings is 1. The van der Waals surface area contributed by atoms with Crippen molar-refractivity contribution >= 4 is 53.3 Å². The van der Waals surface area contributed by atoms with Crippen molar-refractivity contribution in [3.63, 3.8) is 0 Å². The molecule has 0 spiro atoms. The third-order valence-electron chi connectivity index (χ3n) is 3.06. The summed E-state index contributed by atoms with van der Waals surface area (Å²) >= 11 is 8.70. The Labute approximate surface area is 132 Å². The maximum absolute atomic E-state index is 5.69. The highest BCUT2D eigenvalue weighted by Gasteiger charge is 2.20. The van der Waals surface area contributed by atoms with Gasteiger partial charge in [0.25, 0.3) is 0 Å². The summed E-state index contributed by atoms with van der Waals surface area (Å²) in [6, 6.07) is 10.3. The molecular formula is C14H11Br2NOS. The molecule has 3 rings (SSSR count). The molecule has 0 saturated carbocycles. The third kappa shape index (κ3) is 2.40. The second kappa shape index (κ2) is 5.40. The van der Waals surface area contributed by atoms with Gasteiger partial charge in [-0.05, 0) is 73.4 Å². The van der Waals surface area contributed by atoms with E-state index in [1.54, 1.807) is 11.3 Å². The Morgan fingerprint density at radius 1 is 1.21 bits per heavy atom. The summed E-state index contributed by atoms with van der Waals surface area (Å²) in [5.41, 5.74) is 1.24. The molecule has 0 radical (unpaired) electrons. The first-order chi connectivity index (χ1) is 9.20. The Hall–Kier alpha value is -0.620. The lowest BCUT2D eigenvalue weighted by Crippen LogP contribution is -2.16. The summed E-state index contributed by atoms with van der Waals surface area (Å²) in [5, 5.41) is 6.77. The quantitative estimate of drug-likeness (QED) is 0.642. The first-order valence-electron chi connectivity index (χ1n) is 5.79. The summed E-state index contributed by atoms with van der Waals surface area (Å²) in [4.78, 5) is 0. The Kier molecular flexibility index (Phi) is 3.80. The van der Waals surface area contributed by atoms with Crippen LogP contribution in [0.3, 0.4) is 0 Å². The van der Waals surface area contributed by atoms with Gasteiger partial charge in [0.2, 0.25) is 0 Å². The minimum absolute atomic E-state index is 0.0642. The first kappa shape index (κ1) is 13.4. The van der Waals surface area contributed by atoms with Crippen LogP contribution in [-0.4, -0.2) is 7.05 Å². The zero-order valence-corrected chi connectivity index (χ0v) is 14.1. The minimum Gasteiger partial charge on any atom is -0.452 e. The SMILES string of the molecule is CNC(c1ccc(Br)o1)c1csc2c(Br)cccc12. The predicted octanol–water partition coefficient (Wildman–Crippen LogP) is 5.33. The average Bonchev–Trinajstić information content (AvgIpc) is 2.99. The van der Waals surface area contributed by atoms with Crippen LogP contribution in [0.15, 0.2) is 49.3 Å². The number of hydrogen-bond donors (Lipinski definition) is 1. The number of rotatable bonds is 3. The summed E-state index contributed by atoms with van der Waals surface area (Å²) in [6.45, 7) is 0. The van der Waals surface area contributed by atoms with Gasteiger partial charge in [0.05, 0.1) is 6.04 Å². The number of halogens is 2. The van der Waals surface area contributed by atoms with E-state index in [-0.39, 0.29) is 6.04 Å². The summed E-state index contributed by atoms with van der Waals surface area (Å²) in [7, 11) is 1.95. The number of fused-ring (bicyclic) bond motifs is 1. The lowest BCUT2D eigenvalue weighted by atomic mass is 10.0. The molecule has 2 aromatic heterocycles. The molecule has 1 atom stereocenters. The molecular weight excluding hydrogens is 390 g/mol. The molecule has 5 heteroatoms. The van der Waals surface area contributed by atoms with E-state index in [1.165, 1.54) is 15.6 Å². The van der Waals surface area contributed by atoms with Crippen LogP contribution in [0.5, 0.6) is 0 Å². The highest BCUT2D eigenvalue weighted by Crippen LogP contribution is 2.37. The number of furan rings is 1. The fourth-order valence-corrected chi connectivity index (χ4v) is 4.17. The molecule has 0 saturated heterocycles. The fraction of sp³-hybridized carbons (Fsp3) is 0.143. The second-order valence-corrected chi connectivity index (χ2v) is 6.69. The summed E-state index contributed by atoms with van der Waals surface area (Å²) in [6.07, 6.45) is 0. The standard InChI is InChI=1S/C14H11Br2NOS/c1-17-13(11-5-6-12(16)18-11)9-7-19-14-8(9)3-2-4-10(14)15/h2-7,13,17H,1H3. The summed E-state index contributed by atoms with van der Waals surface area (Å²) in [5.74, 6) is 0.911. The molecule has 19 heavy (non-hydrogen) atoms. The van der Waals surface area contributed by atoms with Gasteiger partial charge in [0.1, 0.15) is 5.76 Å². The van der Waals surface area contributed by atoms with Crippen LogP contribution in [0.4, 0.5) is 0 Å². The largest absolute Gasteiger partial charge is 0.452 e. The molecule has 0 aliphatic rings. The number of hydrogen-bond acceptors (Lipinski definition) is 3. The van der Waals surface area contributed by atoms with Crippen LogP contribution in [0.25, 0.3) is 10.1 Å². The Balaban J connectivity index is 2.14. The van der Waals surface area contributed by atoms with Crippen molar-refractivity contribution in [2.45, 2.75) is 6.04 Å². The Morgan fingerprint density at radius 2 is 2.05 bits per heavy atom. The second-order valence-electron chi connectivity index (χ2n) is 4.17. The molecule has 0 aliphatic carbocycles. The maximum atomic E-state index is 5.69. The van der Waals surface area contributed by atoms with Gasteiger partial charge >= 0.3 is 0 Å². The van der Waals surface area contributed by atoms with E-state index in [2.05, 4.69) is 60.8 Å². The highest BCUT2D eigenvalue weighted by molar-refractivity contribution is 9.10. The Morgan fingerprint density at radius 3 is 2.74 bits per heavy atom. The van der Waals surface area contributed by atoms with Crippen LogP contribution >= 0.6 is 43.2 Å². The molecule has 3 aromatic rings. The highest BCUT2D eigenvalue weighted by atomic mass is 79.9. The zero-order chi connectivity index (χ0) is 13.4. The van der Waals surface area contributed by atoms with Crippen molar-refractivity contribution in [3.05, 3.63) is 56.2 Å². The van der Waals surface area contributed by atoms with Crippen LogP contribution in [0, 0.1) is 0 Å². The molecule has 1 N–H and O–H groups in total. The smallest absolute Gasteiger partial charge is 0.169 e. The number of nitrogens with one attached hydrogen (secondary N) is 1. The van der Waals surface area contributed by atoms with E-state index in [0.717, 1.165) is 14.9 Å². The topological polar surface area (TPSA) is 25.2 Å². The molecule has 0 bridgehead atoms. The molecule has 1 unspecified atom stereocenters. The summed E-state index contributed by atoms with van der Waals surface area (Å²) < 4.78 is 8.84. The van der Waals surface area contributed by atoms with Crippen molar-refractivity contribution in [1.29, 1.82) is 0 Å². The van der Waals surface area contributed by atoms with Gasteiger partial charge in [-0.3, -0.25) is 0 Å². The van der Waals surface area contributed by atoms with Crippen molar-refractivity contribution in [1.82, 2.24) is 5.32 Å². The Bertz CT molecular complexity index is 719. The van der Waals surface area contributed by atoms with Crippen LogP contribution in [-0.2, 0) is 0 Å². The molecule has 98 valence electrons. The van der Waals surface area contributed by atoms with Gasteiger partial charge in [-0.2, -0.15) is 0 Å². The predicted molar refractivity (Wildman–Crippen MR) is 86.8 cm³/mol.